The molecule has 0 bridgehead atoms. The molecule has 0 aliphatic heterocycles. The molecule has 1 unspecified atom stereocenters. The van der Waals surface area contributed by atoms with E-state index in [9.17, 15) is 5.11 Å². The van der Waals surface area contributed by atoms with Crippen molar-refractivity contribution >= 4 is 11.1 Å². The molecule has 2 aromatic rings. The number of nitrogens with zero attached hydrogens (tertiary/aromatic N) is 1. The van der Waals surface area contributed by atoms with Gasteiger partial charge in [0.25, 0.3) is 0 Å². The minimum atomic E-state index is -0.338. The van der Waals surface area contributed by atoms with Crippen LogP contribution < -0.4 is 0 Å². The van der Waals surface area contributed by atoms with Crippen molar-refractivity contribution < 1.29 is 9.52 Å². The Morgan fingerprint density at radius 2 is 1.95 bits per heavy atom. The second kappa shape index (κ2) is 7.29. The molecule has 0 fully saturated rings. The van der Waals surface area contributed by atoms with E-state index in [1.54, 1.807) is 0 Å². The maximum atomic E-state index is 9.98. The van der Waals surface area contributed by atoms with Gasteiger partial charge in [0.05, 0.1) is 12.5 Å². The van der Waals surface area contributed by atoms with Crippen LogP contribution in [0.5, 0.6) is 0 Å². The van der Waals surface area contributed by atoms with E-state index < -0.39 is 0 Å². The molecule has 0 saturated heterocycles. The first kappa shape index (κ1) is 14.1. The molecule has 1 heterocycles. The Hall–Kier alpha value is -1.35. The van der Waals surface area contributed by atoms with Gasteiger partial charge in [-0.25, -0.2) is 4.98 Å². The van der Waals surface area contributed by atoms with E-state index in [4.69, 9.17) is 4.42 Å². The lowest BCUT2D eigenvalue weighted by atomic mass is 10.1. The summed E-state index contributed by atoms with van der Waals surface area (Å²) in [6.07, 6.45) is 7.12. The summed E-state index contributed by atoms with van der Waals surface area (Å²) in [5.41, 5.74) is 1.67. The highest BCUT2D eigenvalue weighted by Gasteiger charge is 2.11. The zero-order valence-electron chi connectivity index (χ0n) is 11.6. The SMILES string of the molecule is CCCCCCCC(O)Cc1nc2ccccc2o1. The van der Waals surface area contributed by atoms with Gasteiger partial charge in [0.15, 0.2) is 11.5 Å². The van der Waals surface area contributed by atoms with Crippen molar-refractivity contribution in [1.82, 2.24) is 4.98 Å². The van der Waals surface area contributed by atoms with Gasteiger partial charge >= 0.3 is 0 Å². The highest BCUT2D eigenvalue weighted by molar-refractivity contribution is 5.72. The van der Waals surface area contributed by atoms with E-state index in [1.165, 1.54) is 25.7 Å². The summed E-state index contributed by atoms with van der Waals surface area (Å²) in [5, 5.41) is 9.98. The number of unbranched alkanes of at least 4 members (excludes halogenated alkanes) is 4. The fraction of sp³-hybridized carbons (Fsp3) is 0.562. The van der Waals surface area contributed by atoms with Gasteiger partial charge in [-0.2, -0.15) is 0 Å². The minimum Gasteiger partial charge on any atom is -0.441 e. The van der Waals surface area contributed by atoms with Crippen molar-refractivity contribution in [2.45, 2.75) is 58.0 Å². The van der Waals surface area contributed by atoms with Crippen molar-refractivity contribution in [3.63, 3.8) is 0 Å². The number of hydrogen-bond donors (Lipinski definition) is 1. The number of aliphatic hydroxyl groups is 1. The molecule has 3 nitrogen and oxygen atoms in total. The first-order valence-corrected chi connectivity index (χ1v) is 7.32. The van der Waals surface area contributed by atoms with Gasteiger partial charge in [-0.1, -0.05) is 51.2 Å². The Morgan fingerprint density at radius 3 is 2.74 bits per heavy atom. The van der Waals surface area contributed by atoms with Crippen LogP contribution in [0.25, 0.3) is 11.1 Å². The maximum Gasteiger partial charge on any atom is 0.198 e. The molecular weight excluding hydrogens is 238 g/mol. The summed E-state index contributed by atoms with van der Waals surface area (Å²) in [5.74, 6) is 0.641. The van der Waals surface area contributed by atoms with Crippen molar-refractivity contribution in [1.29, 1.82) is 0 Å². The van der Waals surface area contributed by atoms with Gasteiger partial charge in [0.1, 0.15) is 5.52 Å². The molecule has 1 aromatic carbocycles. The lowest BCUT2D eigenvalue weighted by Crippen LogP contribution is -2.10. The number of benzene rings is 1. The van der Waals surface area contributed by atoms with Crippen LogP contribution in [0.2, 0.25) is 0 Å². The van der Waals surface area contributed by atoms with E-state index >= 15 is 0 Å². The molecule has 19 heavy (non-hydrogen) atoms. The third-order valence-corrected chi connectivity index (χ3v) is 3.39. The Bertz CT molecular complexity index is 459. The van der Waals surface area contributed by atoms with E-state index in [0.29, 0.717) is 12.3 Å². The van der Waals surface area contributed by atoms with E-state index in [-0.39, 0.29) is 6.10 Å². The van der Waals surface area contributed by atoms with Gasteiger partial charge in [0.2, 0.25) is 0 Å². The summed E-state index contributed by atoms with van der Waals surface area (Å²) in [7, 11) is 0. The second-order valence-corrected chi connectivity index (χ2v) is 5.14. The summed E-state index contributed by atoms with van der Waals surface area (Å²) < 4.78 is 5.61. The summed E-state index contributed by atoms with van der Waals surface area (Å²) in [4.78, 5) is 4.38. The highest BCUT2D eigenvalue weighted by Crippen LogP contribution is 2.17. The van der Waals surface area contributed by atoms with Gasteiger partial charge in [-0.3, -0.25) is 0 Å². The molecular formula is C16H23NO2. The van der Waals surface area contributed by atoms with Crippen LogP contribution in [0.15, 0.2) is 28.7 Å². The average Bonchev–Trinajstić information content (AvgIpc) is 2.80. The first-order chi connectivity index (χ1) is 9.29. The quantitative estimate of drug-likeness (QED) is 0.728. The minimum absolute atomic E-state index is 0.338. The summed E-state index contributed by atoms with van der Waals surface area (Å²) >= 11 is 0. The predicted octanol–water partition coefficient (Wildman–Crippen LogP) is 4.09. The number of aromatic nitrogens is 1. The molecule has 104 valence electrons. The Balaban J connectivity index is 1.76. The topological polar surface area (TPSA) is 46.3 Å². The molecule has 1 aromatic heterocycles. The van der Waals surface area contributed by atoms with Gasteiger partial charge in [-0.15, -0.1) is 0 Å². The summed E-state index contributed by atoms with van der Waals surface area (Å²) in [6.45, 7) is 2.21. The molecule has 1 atom stereocenters. The fourth-order valence-corrected chi connectivity index (χ4v) is 2.29. The van der Waals surface area contributed by atoms with Crippen LogP contribution in [0.4, 0.5) is 0 Å². The molecule has 0 saturated carbocycles. The molecule has 2 rings (SSSR count). The molecule has 0 spiro atoms. The van der Waals surface area contributed by atoms with Crippen LogP contribution in [0, 0.1) is 0 Å². The highest BCUT2D eigenvalue weighted by atomic mass is 16.4. The number of rotatable bonds is 8. The Kier molecular flexibility index (Phi) is 5.40. The van der Waals surface area contributed by atoms with Gasteiger partial charge in [0, 0.05) is 0 Å². The lowest BCUT2D eigenvalue weighted by Gasteiger charge is -2.07. The van der Waals surface area contributed by atoms with Crippen LogP contribution in [-0.4, -0.2) is 16.2 Å². The van der Waals surface area contributed by atoms with Crippen LogP contribution in [-0.2, 0) is 6.42 Å². The first-order valence-electron chi connectivity index (χ1n) is 7.32. The van der Waals surface area contributed by atoms with Crippen molar-refractivity contribution in [3.8, 4) is 0 Å². The normalized spacial score (nSPS) is 12.9. The maximum absolute atomic E-state index is 9.98. The van der Waals surface area contributed by atoms with E-state index in [2.05, 4.69) is 11.9 Å². The third kappa shape index (κ3) is 4.35. The number of aliphatic hydroxyl groups excluding tert-OH is 1. The standard InChI is InChI=1S/C16H23NO2/c1-2-3-4-5-6-9-13(18)12-16-17-14-10-7-8-11-15(14)19-16/h7-8,10-11,13,18H,2-6,9,12H2,1H3. The number of fused-ring (bicyclic) bond motifs is 1. The Labute approximate surface area is 114 Å². The van der Waals surface area contributed by atoms with E-state index in [1.807, 2.05) is 24.3 Å². The molecule has 0 radical (unpaired) electrons. The fourth-order valence-electron chi connectivity index (χ4n) is 2.29. The smallest absolute Gasteiger partial charge is 0.198 e. The van der Waals surface area contributed by atoms with Gasteiger partial charge in [-0.05, 0) is 18.6 Å². The molecule has 0 aliphatic rings. The lowest BCUT2D eigenvalue weighted by molar-refractivity contribution is 0.153. The number of hydrogen-bond acceptors (Lipinski definition) is 3. The predicted molar refractivity (Wildman–Crippen MR) is 77.1 cm³/mol. The van der Waals surface area contributed by atoms with Crippen molar-refractivity contribution in [2.75, 3.05) is 0 Å². The molecule has 0 amide bonds. The Morgan fingerprint density at radius 1 is 1.16 bits per heavy atom. The monoisotopic (exact) mass is 261 g/mol. The number of oxazole rings is 1. The van der Waals surface area contributed by atoms with Crippen molar-refractivity contribution in [2.24, 2.45) is 0 Å². The van der Waals surface area contributed by atoms with Gasteiger partial charge < -0.3 is 9.52 Å². The summed E-state index contributed by atoms with van der Waals surface area (Å²) in [6, 6.07) is 7.71. The molecule has 0 aliphatic carbocycles. The van der Waals surface area contributed by atoms with E-state index in [0.717, 1.165) is 23.9 Å². The third-order valence-electron chi connectivity index (χ3n) is 3.39. The van der Waals surface area contributed by atoms with Crippen LogP contribution >= 0.6 is 0 Å². The average molecular weight is 261 g/mol. The molecule has 1 N–H and O–H groups in total. The van der Waals surface area contributed by atoms with Crippen LogP contribution in [0.3, 0.4) is 0 Å². The number of para-hydroxylation sites is 2. The van der Waals surface area contributed by atoms with Crippen molar-refractivity contribution in [3.05, 3.63) is 30.2 Å². The zero-order valence-corrected chi connectivity index (χ0v) is 11.6. The second-order valence-electron chi connectivity index (χ2n) is 5.14. The molecule has 3 heteroatoms. The van der Waals surface area contributed by atoms with Crippen LogP contribution in [0.1, 0.15) is 51.3 Å². The largest absolute Gasteiger partial charge is 0.441 e. The zero-order chi connectivity index (χ0) is 13.5.